The molecule has 0 aliphatic heterocycles. The minimum atomic E-state index is 0. The summed E-state index contributed by atoms with van der Waals surface area (Å²) in [5, 5.41) is 9.81. The van der Waals surface area contributed by atoms with E-state index in [1.807, 2.05) is 18.2 Å². The summed E-state index contributed by atoms with van der Waals surface area (Å²) >= 11 is 1.67. The second-order valence-corrected chi connectivity index (χ2v) is 8.06. The summed E-state index contributed by atoms with van der Waals surface area (Å²) in [5.74, 6) is 2.19. The van der Waals surface area contributed by atoms with Gasteiger partial charge in [-0.1, -0.05) is 26.8 Å². The van der Waals surface area contributed by atoms with E-state index in [4.69, 9.17) is 14.5 Å². The Morgan fingerprint density at radius 2 is 1.86 bits per heavy atom. The van der Waals surface area contributed by atoms with Crippen LogP contribution in [0.2, 0.25) is 0 Å². The quantitative estimate of drug-likeness (QED) is 0.325. The molecule has 8 heteroatoms. The van der Waals surface area contributed by atoms with E-state index in [0.29, 0.717) is 24.6 Å². The summed E-state index contributed by atoms with van der Waals surface area (Å²) in [6.07, 6.45) is 0. The summed E-state index contributed by atoms with van der Waals surface area (Å²) in [6, 6.07) is 5.83. The molecule has 0 amide bonds. The lowest BCUT2D eigenvalue weighted by Crippen LogP contribution is -2.36. The highest BCUT2D eigenvalue weighted by Gasteiger charge is 2.17. The molecule has 0 aliphatic carbocycles. The molecule has 0 atom stereocenters. The van der Waals surface area contributed by atoms with E-state index in [0.717, 1.165) is 28.8 Å². The van der Waals surface area contributed by atoms with Crippen molar-refractivity contribution in [2.24, 2.45) is 4.99 Å². The van der Waals surface area contributed by atoms with Gasteiger partial charge in [-0.15, -0.1) is 35.3 Å². The van der Waals surface area contributed by atoms with Gasteiger partial charge in [0.25, 0.3) is 0 Å². The summed E-state index contributed by atoms with van der Waals surface area (Å²) in [4.78, 5) is 9.38. The van der Waals surface area contributed by atoms with Crippen LogP contribution in [0.25, 0.3) is 0 Å². The van der Waals surface area contributed by atoms with Crippen LogP contribution in [-0.2, 0) is 18.5 Å². The van der Waals surface area contributed by atoms with Gasteiger partial charge < -0.3 is 20.1 Å². The van der Waals surface area contributed by atoms with Crippen molar-refractivity contribution in [3.05, 3.63) is 39.8 Å². The van der Waals surface area contributed by atoms with Crippen molar-refractivity contribution in [2.75, 3.05) is 20.8 Å². The SMILES string of the molecule is CCNC(=NCc1ccc(OC)c(OC)c1)NCc1nc(C(C)(C)C)cs1.I. The fourth-order valence-electron chi connectivity index (χ4n) is 2.39. The average molecular weight is 518 g/mol. The van der Waals surface area contributed by atoms with Crippen molar-refractivity contribution in [1.29, 1.82) is 0 Å². The molecule has 1 aromatic carbocycles. The standard InChI is InChI=1S/C20H30N4O2S.HI/c1-7-21-19(23-12-18-24-17(13-27-18)20(2,3)4)22-11-14-8-9-15(25-5)16(10-14)26-6;/h8-10,13H,7,11-12H2,1-6H3,(H2,21,22,23);1H. The van der Waals surface area contributed by atoms with Crippen LogP contribution in [-0.4, -0.2) is 31.7 Å². The Kier molecular flexibility index (Phi) is 10.0. The van der Waals surface area contributed by atoms with Crippen LogP contribution in [0, 0.1) is 0 Å². The number of halogens is 1. The van der Waals surface area contributed by atoms with E-state index < -0.39 is 0 Å². The molecule has 0 aliphatic rings. The Hall–Kier alpha value is -1.55. The molecule has 0 fully saturated rings. The number of hydrogen-bond donors (Lipinski definition) is 2. The average Bonchev–Trinajstić information content (AvgIpc) is 3.13. The Balaban J connectivity index is 0.00000392. The molecule has 1 aromatic heterocycles. The Morgan fingerprint density at radius 1 is 1.14 bits per heavy atom. The summed E-state index contributed by atoms with van der Waals surface area (Å²) in [5.41, 5.74) is 2.24. The van der Waals surface area contributed by atoms with Crippen LogP contribution < -0.4 is 20.1 Å². The lowest BCUT2D eigenvalue weighted by atomic mass is 9.93. The first-order chi connectivity index (χ1) is 12.9. The molecule has 2 N–H and O–H groups in total. The van der Waals surface area contributed by atoms with Crippen LogP contribution in [0.3, 0.4) is 0 Å². The maximum absolute atomic E-state index is 5.35. The number of nitrogens with zero attached hydrogens (tertiary/aromatic N) is 2. The topological polar surface area (TPSA) is 67.8 Å². The van der Waals surface area contributed by atoms with Crippen molar-refractivity contribution in [2.45, 2.75) is 46.2 Å². The number of aliphatic imine (C=N–C) groups is 1. The molecular formula is C20H31IN4O2S. The zero-order valence-electron chi connectivity index (χ0n) is 17.5. The van der Waals surface area contributed by atoms with Crippen molar-refractivity contribution in [1.82, 2.24) is 15.6 Å². The van der Waals surface area contributed by atoms with Crippen LogP contribution in [0.4, 0.5) is 0 Å². The maximum atomic E-state index is 5.35. The van der Waals surface area contributed by atoms with Gasteiger partial charge in [0, 0.05) is 17.3 Å². The van der Waals surface area contributed by atoms with E-state index in [9.17, 15) is 0 Å². The van der Waals surface area contributed by atoms with Gasteiger partial charge in [0.15, 0.2) is 17.5 Å². The van der Waals surface area contributed by atoms with Gasteiger partial charge in [0.2, 0.25) is 0 Å². The fraction of sp³-hybridized carbons (Fsp3) is 0.500. The first-order valence-corrected chi connectivity index (χ1v) is 9.93. The number of benzene rings is 1. The number of methoxy groups -OCH3 is 2. The van der Waals surface area contributed by atoms with Gasteiger partial charge in [0.05, 0.1) is 33.0 Å². The van der Waals surface area contributed by atoms with E-state index in [2.05, 4.69) is 48.7 Å². The number of hydrogen-bond acceptors (Lipinski definition) is 5. The zero-order chi connectivity index (χ0) is 19.9. The van der Waals surface area contributed by atoms with E-state index in [1.54, 1.807) is 25.6 Å². The van der Waals surface area contributed by atoms with Gasteiger partial charge in [-0.05, 0) is 24.6 Å². The van der Waals surface area contributed by atoms with Crippen molar-refractivity contribution >= 4 is 41.3 Å². The van der Waals surface area contributed by atoms with Crippen molar-refractivity contribution in [3.8, 4) is 11.5 Å². The van der Waals surface area contributed by atoms with Crippen LogP contribution >= 0.6 is 35.3 Å². The minimum absolute atomic E-state index is 0. The number of thiazole rings is 1. The second kappa shape index (κ2) is 11.5. The third kappa shape index (κ3) is 7.12. The number of rotatable bonds is 7. The van der Waals surface area contributed by atoms with Gasteiger partial charge >= 0.3 is 0 Å². The third-order valence-corrected chi connectivity index (χ3v) is 4.79. The molecule has 28 heavy (non-hydrogen) atoms. The van der Waals surface area contributed by atoms with E-state index in [-0.39, 0.29) is 29.4 Å². The molecule has 2 rings (SSSR count). The molecule has 0 saturated carbocycles. The first kappa shape index (κ1) is 24.5. The van der Waals surface area contributed by atoms with Crippen molar-refractivity contribution < 1.29 is 9.47 Å². The summed E-state index contributed by atoms with van der Waals surface area (Å²) in [7, 11) is 3.27. The molecule has 0 bridgehead atoms. The molecule has 156 valence electrons. The van der Waals surface area contributed by atoms with Crippen molar-refractivity contribution in [3.63, 3.8) is 0 Å². The second-order valence-electron chi connectivity index (χ2n) is 7.11. The molecule has 0 spiro atoms. The maximum Gasteiger partial charge on any atom is 0.191 e. The zero-order valence-corrected chi connectivity index (χ0v) is 20.6. The molecular weight excluding hydrogens is 487 g/mol. The smallest absolute Gasteiger partial charge is 0.191 e. The highest BCUT2D eigenvalue weighted by molar-refractivity contribution is 14.0. The number of ether oxygens (including phenoxy) is 2. The molecule has 6 nitrogen and oxygen atoms in total. The van der Waals surface area contributed by atoms with Crippen LogP contribution in [0.1, 0.15) is 44.0 Å². The minimum Gasteiger partial charge on any atom is -0.493 e. The predicted octanol–water partition coefficient (Wildman–Crippen LogP) is 4.33. The van der Waals surface area contributed by atoms with E-state index >= 15 is 0 Å². The number of guanidine groups is 1. The van der Waals surface area contributed by atoms with E-state index in [1.165, 1.54) is 0 Å². The number of nitrogens with one attached hydrogen (secondary N) is 2. The molecule has 0 radical (unpaired) electrons. The predicted molar refractivity (Wildman–Crippen MR) is 127 cm³/mol. The highest BCUT2D eigenvalue weighted by atomic mass is 127. The van der Waals surface area contributed by atoms with Gasteiger partial charge in [-0.25, -0.2) is 9.98 Å². The van der Waals surface area contributed by atoms with Gasteiger partial charge in [0.1, 0.15) is 5.01 Å². The molecule has 0 unspecified atom stereocenters. The third-order valence-electron chi connectivity index (χ3n) is 3.94. The molecule has 0 saturated heterocycles. The lowest BCUT2D eigenvalue weighted by molar-refractivity contribution is 0.354. The number of aromatic nitrogens is 1. The molecule has 1 heterocycles. The van der Waals surface area contributed by atoms with Gasteiger partial charge in [-0.2, -0.15) is 0 Å². The summed E-state index contributed by atoms with van der Waals surface area (Å²) < 4.78 is 10.6. The summed E-state index contributed by atoms with van der Waals surface area (Å²) in [6.45, 7) is 10.6. The monoisotopic (exact) mass is 518 g/mol. The van der Waals surface area contributed by atoms with Crippen LogP contribution in [0.15, 0.2) is 28.6 Å². The normalized spacial score (nSPS) is 11.6. The van der Waals surface area contributed by atoms with Crippen LogP contribution in [0.5, 0.6) is 11.5 Å². The largest absolute Gasteiger partial charge is 0.493 e. The Labute approximate surface area is 189 Å². The molecule has 2 aromatic rings. The lowest BCUT2D eigenvalue weighted by Gasteiger charge is -2.14. The first-order valence-electron chi connectivity index (χ1n) is 9.05. The highest BCUT2D eigenvalue weighted by Crippen LogP contribution is 2.27. The van der Waals surface area contributed by atoms with Gasteiger partial charge in [-0.3, -0.25) is 0 Å². The Morgan fingerprint density at radius 3 is 2.43 bits per heavy atom. The fourth-order valence-corrected chi connectivity index (χ4v) is 3.35. The Bertz CT molecular complexity index is 772.